The molecule has 1 aromatic carbocycles. The van der Waals surface area contributed by atoms with Crippen molar-refractivity contribution in [2.75, 3.05) is 42.5 Å². The van der Waals surface area contributed by atoms with Gasteiger partial charge in [-0.2, -0.15) is 0 Å². The van der Waals surface area contributed by atoms with Crippen molar-refractivity contribution in [3.8, 4) is 11.4 Å². The fourth-order valence-electron chi connectivity index (χ4n) is 3.86. The van der Waals surface area contributed by atoms with E-state index in [9.17, 15) is 4.79 Å². The molecule has 0 spiro atoms. The number of carbonyl (C=O) groups excluding carboxylic acids is 1. The van der Waals surface area contributed by atoms with Crippen molar-refractivity contribution in [2.45, 2.75) is 25.8 Å². The Morgan fingerprint density at radius 3 is 2.67 bits per heavy atom. The lowest BCUT2D eigenvalue weighted by molar-refractivity contribution is -0.107. The summed E-state index contributed by atoms with van der Waals surface area (Å²) in [4.78, 5) is 24.7. The van der Waals surface area contributed by atoms with Crippen LogP contribution in [0.4, 0.5) is 11.5 Å². The van der Waals surface area contributed by atoms with Crippen molar-refractivity contribution < 1.29 is 4.79 Å². The largest absolute Gasteiger partial charge is 0.369 e. The highest BCUT2D eigenvalue weighted by atomic mass is 35.5. The number of nitrogens with zero attached hydrogens (tertiary/aromatic N) is 4. The molecule has 142 valence electrons. The van der Waals surface area contributed by atoms with E-state index in [-0.39, 0.29) is 6.04 Å². The number of hydrogen-bond acceptors (Lipinski definition) is 6. The van der Waals surface area contributed by atoms with Gasteiger partial charge in [0.1, 0.15) is 17.3 Å². The molecule has 27 heavy (non-hydrogen) atoms. The van der Waals surface area contributed by atoms with Gasteiger partial charge in [0.05, 0.1) is 0 Å². The molecule has 1 aromatic heterocycles. The third-order valence-electron chi connectivity index (χ3n) is 5.33. The van der Waals surface area contributed by atoms with Crippen LogP contribution in [-0.2, 0) is 11.2 Å². The van der Waals surface area contributed by atoms with Crippen LogP contribution in [0.5, 0.6) is 0 Å². The summed E-state index contributed by atoms with van der Waals surface area (Å²) in [6, 6.07) is 8.64. The maximum Gasteiger partial charge on any atom is 0.163 e. The van der Waals surface area contributed by atoms with Gasteiger partial charge < -0.3 is 19.9 Å². The van der Waals surface area contributed by atoms with E-state index in [4.69, 9.17) is 16.6 Å². The van der Waals surface area contributed by atoms with E-state index in [1.54, 1.807) is 0 Å². The monoisotopic (exact) mass is 385 g/mol. The Bertz CT molecular complexity index is 820. The van der Waals surface area contributed by atoms with Crippen molar-refractivity contribution in [1.82, 2.24) is 15.3 Å². The number of hydrogen-bond donors (Lipinski definition) is 1. The summed E-state index contributed by atoms with van der Waals surface area (Å²) in [6.07, 6.45) is 2.25. The van der Waals surface area contributed by atoms with Crippen LogP contribution in [0.2, 0.25) is 5.15 Å². The van der Waals surface area contributed by atoms with E-state index in [2.05, 4.69) is 51.3 Å². The van der Waals surface area contributed by atoms with Gasteiger partial charge in [0.15, 0.2) is 5.82 Å². The molecule has 0 amide bonds. The number of aromatic nitrogens is 2. The second kappa shape index (κ2) is 7.82. The second-order valence-electron chi connectivity index (χ2n) is 7.13. The molecule has 1 saturated heterocycles. The third-order valence-corrected chi connectivity index (χ3v) is 5.65. The fraction of sp³-hybridized carbons (Fsp3) is 0.450. The number of fused-ring (bicyclic) bond motifs is 1. The number of carbonyl (C=O) groups is 1. The van der Waals surface area contributed by atoms with Crippen molar-refractivity contribution in [1.29, 1.82) is 0 Å². The van der Waals surface area contributed by atoms with E-state index >= 15 is 0 Å². The average molecular weight is 386 g/mol. The van der Waals surface area contributed by atoms with E-state index in [1.165, 1.54) is 5.69 Å². The van der Waals surface area contributed by atoms with Crippen molar-refractivity contribution in [2.24, 2.45) is 0 Å². The lowest BCUT2D eigenvalue weighted by Gasteiger charge is -2.29. The van der Waals surface area contributed by atoms with Crippen LogP contribution in [0.3, 0.4) is 0 Å². The molecule has 7 heteroatoms. The Balaban J connectivity index is 1.62. The Hall–Kier alpha value is -2.18. The quantitative estimate of drug-likeness (QED) is 0.630. The average Bonchev–Trinajstić information content (AvgIpc) is 3.03. The number of piperazine rings is 1. The molecule has 2 aliphatic heterocycles. The minimum atomic E-state index is 0.275. The highest BCUT2D eigenvalue weighted by Gasteiger charge is 2.30. The smallest absolute Gasteiger partial charge is 0.163 e. The van der Waals surface area contributed by atoms with Gasteiger partial charge in [-0.3, -0.25) is 0 Å². The maximum atomic E-state index is 10.8. The fourth-order valence-corrected chi connectivity index (χ4v) is 4.11. The Morgan fingerprint density at radius 1 is 1.22 bits per heavy atom. The lowest BCUT2D eigenvalue weighted by Crippen LogP contribution is -2.43. The van der Waals surface area contributed by atoms with Crippen LogP contribution < -0.4 is 15.1 Å². The van der Waals surface area contributed by atoms with Crippen molar-refractivity contribution in [3.63, 3.8) is 0 Å². The van der Waals surface area contributed by atoms with Gasteiger partial charge in [-0.25, -0.2) is 9.97 Å². The van der Waals surface area contributed by atoms with Gasteiger partial charge in [-0.15, -0.1) is 0 Å². The predicted octanol–water partition coefficient (Wildman–Crippen LogP) is 2.55. The zero-order valence-corrected chi connectivity index (χ0v) is 16.2. The highest BCUT2D eigenvalue weighted by Crippen LogP contribution is 2.36. The molecule has 4 rings (SSSR count). The molecule has 2 aliphatic rings. The first kappa shape index (κ1) is 18.2. The van der Waals surface area contributed by atoms with E-state index < -0.39 is 0 Å². The number of anilines is 2. The van der Waals surface area contributed by atoms with E-state index in [0.717, 1.165) is 55.8 Å². The first-order valence-corrected chi connectivity index (χ1v) is 9.88. The highest BCUT2D eigenvalue weighted by molar-refractivity contribution is 6.30. The van der Waals surface area contributed by atoms with E-state index in [1.807, 2.05) is 0 Å². The van der Waals surface area contributed by atoms with Gasteiger partial charge >= 0.3 is 0 Å². The molecule has 1 N–H and O–H groups in total. The summed E-state index contributed by atoms with van der Waals surface area (Å²) < 4.78 is 0. The topological polar surface area (TPSA) is 61.4 Å². The van der Waals surface area contributed by atoms with Crippen molar-refractivity contribution >= 4 is 29.4 Å². The summed E-state index contributed by atoms with van der Waals surface area (Å²) in [5, 5.41) is 3.89. The molecule has 0 radical (unpaired) electrons. The number of halogens is 1. The Labute approximate surface area is 164 Å². The van der Waals surface area contributed by atoms with Crippen molar-refractivity contribution in [3.05, 3.63) is 35.0 Å². The second-order valence-corrected chi connectivity index (χ2v) is 7.48. The van der Waals surface area contributed by atoms with E-state index in [0.29, 0.717) is 23.9 Å². The molecule has 0 aliphatic carbocycles. The zero-order valence-electron chi connectivity index (χ0n) is 15.5. The molecule has 1 atom stereocenters. The minimum Gasteiger partial charge on any atom is -0.369 e. The summed E-state index contributed by atoms with van der Waals surface area (Å²) in [6.45, 7) is 6.85. The Morgan fingerprint density at radius 2 is 1.96 bits per heavy atom. The minimum absolute atomic E-state index is 0.275. The molecule has 3 heterocycles. The van der Waals surface area contributed by atoms with Crippen LogP contribution in [0.25, 0.3) is 11.4 Å². The lowest BCUT2D eigenvalue weighted by atomic mass is 10.1. The molecule has 6 nitrogen and oxygen atoms in total. The van der Waals surface area contributed by atoms with Crippen LogP contribution in [0, 0.1) is 0 Å². The summed E-state index contributed by atoms with van der Waals surface area (Å²) in [5.41, 5.74) is 3.15. The normalized spacial score (nSPS) is 19.3. The van der Waals surface area contributed by atoms with Crippen LogP contribution in [0.1, 0.15) is 18.9 Å². The summed E-state index contributed by atoms with van der Waals surface area (Å²) in [5.74, 6) is 1.50. The molecule has 2 aromatic rings. The molecule has 1 fully saturated rings. The molecule has 0 saturated carbocycles. The number of nitrogens with one attached hydrogen (secondary N) is 1. The van der Waals surface area contributed by atoms with Gasteiger partial charge in [0.2, 0.25) is 0 Å². The maximum absolute atomic E-state index is 10.8. The predicted molar refractivity (Wildman–Crippen MR) is 109 cm³/mol. The zero-order chi connectivity index (χ0) is 18.8. The van der Waals surface area contributed by atoms with Crippen LogP contribution in [0.15, 0.2) is 24.3 Å². The molecule has 1 unspecified atom stereocenters. The first-order chi connectivity index (χ1) is 13.2. The number of aldehydes is 1. The molecular weight excluding hydrogens is 362 g/mol. The summed E-state index contributed by atoms with van der Waals surface area (Å²) >= 11 is 6.48. The number of rotatable bonds is 5. The molecular formula is C20H24ClN5O. The van der Waals surface area contributed by atoms with Crippen LogP contribution >= 0.6 is 11.6 Å². The number of benzene rings is 1. The van der Waals surface area contributed by atoms with Gasteiger partial charge in [0.25, 0.3) is 0 Å². The first-order valence-electron chi connectivity index (χ1n) is 9.50. The Kier molecular flexibility index (Phi) is 5.27. The van der Waals surface area contributed by atoms with Crippen LogP contribution in [-0.4, -0.2) is 55.0 Å². The third kappa shape index (κ3) is 3.64. The van der Waals surface area contributed by atoms with Gasteiger partial charge in [0, 0.05) is 62.0 Å². The SMILES string of the molecule is CC1Cc2c(Cl)nc(-c3ccc(N4CCNCC4)cc3)nc2N1CCC=O. The van der Waals surface area contributed by atoms with Gasteiger partial charge in [-0.05, 0) is 37.6 Å². The van der Waals surface area contributed by atoms with Gasteiger partial charge in [-0.1, -0.05) is 11.6 Å². The summed E-state index contributed by atoms with van der Waals surface area (Å²) in [7, 11) is 0. The standard InChI is InChI=1S/C20H24ClN5O/c1-14-13-17-18(21)23-19(24-20(17)26(14)9-2-12-27)15-3-5-16(6-4-15)25-10-7-22-8-11-25/h3-6,12,14,22H,2,7-11,13H2,1H3. The molecule has 0 bridgehead atoms.